The molecule has 0 saturated carbocycles. The van der Waals surface area contributed by atoms with Gasteiger partial charge in [-0.1, -0.05) is 5.92 Å². The lowest BCUT2D eigenvalue weighted by atomic mass is 10.2. The molecule has 1 aliphatic rings. The molecular weight excluding hydrogens is 301 g/mol. The number of ether oxygens (including phenoxy) is 1. The van der Waals surface area contributed by atoms with E-state index in [9.17, 15) is 14.0 Å². The lowest BCUT2D eigenvalue weighted by Gasteiger charge is -2.28. The lowest BCUT2D eigenvalue weighted by Crippen LogP contribution is -2.39. The fourth-order valence-corrected chi connectivity index (χ4v) is 2.32. The van der Waals surface area contributed by atoms with Crippen LogP contribution < -0.4 is 15.2 Å². The molecule has 3 rings (SSSR count). The van der Waals surface area contributed by atoms with Gasteiger partial charge in [0.25, 0.3) is 11.5 Å². The first-order valence-electron chi connectivity index (χ1n) is 6.78. The average Bonchev–Trinajstić information content (AvgIpc) is 2.50. The van der Waals surface area contributed by atoms with Crippen molar-refractivity contribution in [3.63, 3.8) is 0 Å². The lowest BCUT2D eigenvalue weighted by molar-refractivity contribution is -0.121. The second-order valence-electron chi connectivity index (χ2n) is 5.03. The van der Waals surface area contributed by atoms with Gasteiger partial charge in [-0.25, -0.2) is 4.39 Å². The monoisotopic (exact) mass is 313 g/mol. The summed E-state index contributed by atoms with van der Waals surface area (Å²) in [6.45, 7) is 1.52. The van der Waals surface area contributed by atoms with E-state index < -0.39 is 11.4 Å². The van der Waals surface area contributed by atoms with Crippen LogP contribution in [0.3, 0.4) is 0 Å². The molecule has 0 fully saturated rings. The van der Waals surface area contributed by atoms with Crippen LogP contribution >= 0.6 is 0 Å². The van der Waals surface area contributed by atoms with Crippen molar-refractivity contribution in [1.29, 1.82) is 0 Å². The molecule has 1 amide bonds. The number of terminal acetylenes is 1. The number of carbonyl (C=O) groups is 1. The number of rotatable bonds is 2. The molecule has 1 aromatic carbocycles. The average molecular weight is 313 g/mol. The van der Waals surface area contributed by atoms with Crippen LogP contribution in [0.1, 0.15) is 5.56 Å². The predicted molar refractivity (Wildman–Crippen MR) is 81.2 cm³/mol. The largest absolute Gasteiger partial charge is 0.481 e. The van der Waals surface area contributed by atoms with Gasteiger partial charge in [0, 0.05) is 12.1 Å². The molecule has 0 atom stereocenters. The molecule has 0 radical (unpaired) electrons. The number of aryl methyl sites for hydroxylation is 1. The Morgan fingerprint density at radius 1 is 1.35 bits per heavy atom. The SMILES string of the molecule is C#CCN1C(=O)COc2cc(F)c(-n3ncc(C)cc3=O)cc21. The summed E-state index contributed by atoms with van der Waals surface area (Å²) in [7, 11) is 0. The summed E-state index contributed by atoms with van der Waals surface area (Å²) in [5.74, 6) is 1.55. The molecule has 2 aromatic rings. The molecule has 116 valence electrons. The Bertz CT molecular complexity index is 898. The van der Waals surface area contributed by atoms with Gasteiger partial charge in [0.1, 0.15) is 11.4 Å². The Balaban J connectivity index is 2.19. The van der Waals surface area contributed by atoms with E-state index in [-0.39, 0.29) is 30.5 Å². The third-order valence-electron chi connectivity index (χ3n) is 3.39. The number of hydrogen-bond acceptors (Lipinski definition) is 4. The maximum absolute atomic E-state index is 14.3. The van der Waals surface area contributed by atoms with E-state index >= 15 is 0 Å². The van der Waals surface area contributed by atoms with Gasteiger partial charge in [0.05, 0.1) is 18.4 Å². The van der Waals surface area contributed by atoms with Crippen molar-refractivity contribution in [3.05, 3.63) is 46.1 Å². The van der Waals surface area contributed by atoms with Gasteiger partial charge >= 0.3 is 0 Å². The summed E-state index contributed by atoms with van der Waals surface area (Å²) >= 11 is 0. The first kappa shape index (κ1) is 14.8. The van der Waals surface area contributed by atoms with E-state index in [0.717, 1.165) is 10.7 Å². The minimum atomic E-state index is -0.683. The molecule has 23 heavy (non-hydrogen) atoms. The second-order valence-corrected chi connectivity index (χ2v) is 5.03. The summed E-state index contributed by atoms with van der Waals surface area (Å²) in [6, 6.07) is 3.80. The number of carbonyl (C=O) groups excluding carboxylic acids is 1. The first-order chi connectivity index (χ1) is 11.0. The van der Waals surface area contributed by atoms with Crippen LogP contribution in [-0.4, -0.2) is 28.8 Å². The van der Waals surface area contributed by atoms with E-state index in [4.69, 9.17) is 11.2 Å². The minimum absolute atomic E-state index is 0.0243. The molecule has 1 aliphatic heterocycles. The van der Waals surface area contributed by atoms with E-state index in [1.165, 1.54) is 23.2 Å². The number of amides is 1. The van der Waals surface area contributed by atoms with Crippen molar-refractivity contribution in [2.24, 2.45) is 0 Å². The Kier molecular flexibility index (Phi) is 3.58. The van der Waals surface area contributed by atoms with Crippen LogP contribution in [0.15, 0.2) is 29.2 Å². The number of aromatic nitrogens is 2. The van der Waals surface area contributed by atoms with Crippen molar-refractivity contribution in [3.8, 4) is 23.8 Å². The van der Waals surface area contributed by atoms with Crippen molar-refractivity contribution >= 4 is 11.6 Å². The zero-order chi connectivity index (χ0) is 16.6. The highest BCUT2D eigenvalue weighted by Crippen LogP contribution is 2.35. The van der Waals surface area contributed by atoms with Crippen LogP contribution in [0.25, 0.3) is 5.69 Å². The van der Waals surface area contributed by atoms with Crippen LogP contribution in [-0.2, 0) is 4.79 Å². The summed E-state index contributed by atoms with van der Waals surface area (Å²) in [5, 5.41) is 3.93. The second kappa shape index (κ2) is 5.57. The number of benzene rings is 1. The van der Waals surface area contributed by atoms with Crippen LogP contribution in [0.4, 0.5) is 10.1 Å². The molecule has 0 unspecified atom stereocenters. The normalized spacial score (nSPS) is 13.3. The molecule has 0 spiro atoms. The number of fused-ring (bicyclic) bond motifs is 1. The Morgan fingerprint density at radius 2 is 2.13 bits per heavy atom. The van der Waals surface area contributed by atoms with Gasteiger partial charge in [0.2, 0.25) is 0 Å². The van der Waals surface area contributed by atoms with Gasteiger partial charge in [0.15, 0.2) is 12.4 Å². The third-order valence-corrected chi connectivity index (χ3v) is 3.39. The van der Waals surface area contributed by atoms with E-state index in [1.807, 2.05) is 0 Å². The molecule has 0 N–H and O–H groups in total. The predicted octanol–water partition coefficient (Wildman–Crippen LogP) is 1.04. The molecule has 7 heteroatoms. The Hall–Kier alpha value is -3.14. The highest BCUT2D eigenvalue weighted by Gasteiger charge is 2.27. The fourth-order valence-electron chi connectivity index (χ4n) is 2.32. The standard InChI is InChI=1S/C16H12FN3O3/c1-3-4-19-13-7-12(20-15(21)5-10(2)8-18-20)11(17)6-14(13)23-9-16(19)22/h1,5-8H,4,9H2,2H3. The summed E-state index contributed by atoms with van der Waals surface area (Å²) in [4.78, 5) is 25.2. The van der Waals surface area contributed by atoms with Gasteiger partial charge < -0.3 is 4.74 Å². The Morgan fingerprint density at radius 3 is 2.83 bits per heavy atom. The van der Waals surface area contributed by atoms with Gasteiger partial charge in [-0.15, -0.1) is 6.42 Å². The molecule has 0 bridgehead atoms. The van der Waals surface area contributed by atoms with E-state index in [0.29, 0.717) is 11.3 Å². The summed E-state index contributed by atoms with van der Waals surface area (Å²) in [5.41, 5.74) is 0.423. The number of hydrogen-bond donors (Lipinski definition) is 0. The highest BCUT2D eigenvalue weighted by molar-refractivity contribution is 5.98. The summed E-state index contributed by atoms with van der Waals surface area (Å²) in [6.07, 6.45) is 6.72. The molecule has 2 heterocycles. The topological polar surface area (TPSA) is 64.4 Å². The van der Waals surface area contributed by atoms with Gasteiger partial charge in [-0.05, 0) is 18.6 Å². The maximum atomic E-state index is 14.3. The number of halogens is 1. The highest BCUT2D eigenvalue weighted by atomic mass is 19.1. The maximum Gasteiger partial charge on any atom is 0.271 e. The fraction of sp³-hybridized carbons (Fsp3) is 0.188. The smallest absolute Gasteiger partial charge is 0.271 e. The van der Waals surface area contributed by atoms with Gasteiger partial charge in [-0.3, -0.25) is 14.5 Å². The molecule has 6 nitrogen and oxygen atoms in total. The van der Waals surface area contributed by atoms with Crippen molar-refractivity contribution in [2.45, 2.75) is 6.92 Å². The number of anilines is 1. The quantitative estimate of drug-likeness (QED) is 0.777. The molecule has 0 saturated heterocycles. The van der Waals surface area contributed by atoms with Crippen molar-refractivity contribution in [1.82, 2.24) is 9.78 Å². The molecule has 0 aliphatic carbocycles. The third kappa shape index (κ3) is 2.55. The molecule has 1 aromatic heterocycles. The molecular formula is C16H12FN3O3. The van der Waals surface area contributed by atoms with Crippen molar-refractivity contribution in [2.75, 3.05) is 18.1 Å². The van der Waals surface area contributed by atoms with Crippen LogP contribution in [0.2, 0.25) is 0 Å². The Labute approximate surface area is 131 Å². The van der Waals surface area contributed by atoms with E-state index in [1.54, 1.807) is 6.92 Å². The van der Waals surface area contributed by atoms with Crippen molar-refractivity contribution < 1.29 is 13.9 Å². The van der Waals surface area contributed by atoms with E-state index in [2.05, 4.69) is 11.0 Å². The summed E-state index contributed by atoms with van der Waals surface area (Å²) < 4.78 is 20.5. The first-order valence-corrected chi connectivity index (χ1v) is 6.78. The van der Waals surface area contributed by atoms with Crippen LogP contribution in [0.5, 0.6) is 5.75 Å². The zero-order valence-electron chi connectivity index (χ0n) is 12.2. The number of nitrogens with zero attached hydrogens (tertiary/aromatic N) is 3. The minimum Gasteiger partial charge on any atom is -0.481 e. The van der Waals surface area contributed by atoms with Gasteiger partial charge in [-0.2, -0.15) is 9.78 Å². The van der Waals surface area contributed by atoms with Crippen LogP contribution in [0, 0.1) is 25.1 Å². The zero-order valence-corrected chi connectivity index (χ0v) is 12.2.